The van der Waals surface area contributed by atoms with E-state index in [0.29, 0.717) is 12.1 Å². The van der Waals surface area contributed by atoms with Crippen LogP contribution in [0.15, 0.2) is 24.3 Å². The molecule has 1 aromatic rings. The summed E-state index contributed by atoms with van der Waals surface area (Å²) in [4.78, 5) is 13.7. The van der Waals surface area contributed by atoms with Gasteiger partial charge in [0.25, 0.3) is 0 Å². The minimum atomic E-state index is -0.272. The van der Waals surface area contributed by atoms with Gasteiger partial charge in [-0.2, -0.15) is 0 Å². The summed E-state index contributed by atoms with van der Waals surface area (Å²) < 4.78 is 13.7. The van der Waals surface area contributed by atoms with Gasteiger partial charge >= 0.3 is 0 Å². The predicted octanol–water partition coefficient (Wildman–Crippen LogP) is 2.62. The van der Waals surface area contributed by atoms with Crippen LogP contribution in [-0.4, -0.2) is 31.4 Å². The molecule has 0 saturated heterocycles. The number of carbonyl (C=O) groups excluding carboxylic acids is 1. The Hall–Kier alpha value is -1.13. The third-order valence-electron chi connectivity index (χ3n) is 3.22. The second-order valence-electron chi connectivity index (χ2n) is 4.61. The maximum Gasteiger partial charge on any atom is 0.226 e. The van der Waals surface area contributed by atoms with Gasteiger partial charge in [0.2, 0.25) is 5.91 Å². The lowest BCUT2D eigenvalue weighted by Crippen LogP contribution is -2.37. The van der Waals surface area contributed by atoms with Crippen LogP contribution in [0.1, 0.15) is 25.5 Å². The normalized spacial score (nSPS) is 13.3. The zero-order valence-corrected chi connectivity index (χ0v) is 12.6. The molecule has 0 spiro atoms. The number of amides is 1. The quantitative estimate of drug-likeness (QED) is 0.903. The van der Waals surface area contributed by atoms with Crippen molar-refractivity contribution in [1.29, 1.82) is 0 Å². The lowest BCUT2D eigenvalue weighted by molar-refractivity contribution is -0.135. The molecule has 0 fully saturated rings. The molecule has 0 aliphatic rings. The van der Waals surface area contributed by atoms with Crippen LogP contribution >= 0.6 is 12.4 Å². The number of carbonyl (C=O) groups is 1. The van der Waals surface area contributed by atoms with Crippen LogP contribution < -0.4 is 5.32 Å². The summed E-state index contributed by atoms with van der Waals surface area (Å²) in [5, 5.41) is 2.97. The number of rotatable bonds is 5. The van der Waals surface area contributed by atoms with Crippen LogP contribution in [0.4, 0.5) is 4.39 Å². The number of hydrogen-bond acceptors (Lipinski definition) is 2. The summed E-state index contributed by atoms with van der Waals surface area (Å²) in [7, 11) is 3.52. The molecule has 19 heavy (non-hydrogen) atoms. The van der Waals surface area contributed by atoms with Crippen molar-refractivity contribution in [3.05, 3.63) is 35.6 Å². The van der Waals surface area contributed by atoms with Crippen molar-refractivity contribution < 1.29 is 9.18 Å². The SMILES string of the molecule is CNCC(C)C(=O)N(C)C(C)c1ccccc1F.Cl. The van der Waals surface area contributed by atoms with E-state index < -0.39 is 0 Å². The molecule has 0 aromatic heterocycles. The fourth-order valence-corrected chi connectivity index (χ4v) is 1.95. The zero-order valence-electron chi connectivity index (χ0n) is 11.8. The summed E-state index contributed by atoms with van der Waals surface area (Å²) in [5.74, 6) is -0.375. The molecule has 0 aliphatic heterocycles. The van der Waals surface area contributed by atoms with Crippen molar-refractivity contribution in [3.63, 3.8) is 0 Å². The number of nitrogens with zero attached hydrogens (tertiary/aromatic N) is 1. The van der Waals surface area contributed by atoms with Crippen molar-refractivity contribution in [2.24, 2.45) is 5.92 Å². The van der Waals surface area contributed by atoms with Crippen LogP contribution in [0.25, 0.3) is 0 Å². The Kier molecular flexibility index (Phi) is 7.64. The number of halogens is 2. The van der Waals surface area contributed by atoms with Gasteiger partial charge in [-0.3, -0.25) is 4.79 Å². The largest absolute Gasteiger partial charge is 0.339 e. The average Bonchev–Trinajstić information content (AvgIpc) is 2.37. The Balaban J connectivity index is 0.00000324. The molecule has 0 bridgehead atoms. The van der Waals surface area contributed by atoms with Gasteiger partial charge in [0.15, 0.2) is 0 Å². The molecular formula is C14H22ClFN2O. The summed E-state index contributed by atoms with van der Waals surface area (Å²) in [6, 6.07) is 6.30. The van der Waals surface area contributed by atoms with Crippen LogP contribution in [0.5, 0.6) is 0 Å². The van der Waals surface area contributed by atoms with Crippen molar-refractivity contribution in [2.75, 3.05) is 20.6 Å². The first-order valence-corrected chi connectivity index (χ1v) is 6.14. The van der Waals surface area contributed by atoms with E-state index in [-0.39, 0.29) is 36.1 Å². The topological polar surface area (TPSA) is 32.3 Å². The first-order chi connectivity index (χ1) is 8.49. The van der Waals surface area contributed by atoms with E-state index in [2.05, 4.69) is 5.32 Å². The Morgan fingerprint density at radius 3 is 2.47 bits per heavy atom. The first-order valence-electron chi connectivity index (χ1n) is 6.14. The maximum atomic E-state index is 13.7. The zero-order chi connectivity index (χ0) is 13.7. The smallest absolute Gasteiger partial charge is 0.226 e. The molecule has 1 aromatic carbocycles. The highest BCUT2D eigenvalue weighted by Gasteiger charge is 2.23. The fourth-order valence-electron chi connectivity index (χ4n) is 1.95. The molecule has 3 nitrogen and oxygen atoms in total. The van der Waals surface area contributed by atoms with Gasteiger partial charge < -0.3 is 10.2 Å². The van der Waals surface area contributed by atoms with Gasteiger partial charge in [-0.1, -0.05) is 25.1 Å². The van der Waals surface area contributed by atoms with Gasteiger partial charge in [-0.15, -0.1) is 12.4 Å². The fraction of sp³-hybridized carbons (Fsp3) is 0.500. The third kappa shape index (κ3) is 4.48. The number of nitrogens with one attached hydrogen (secondary N) is 1. The van der Waals surface area contributed by atoms with E-state index in [4.69, 9.17) is 0 Å². The van der Waals surface area contributed by atoms with Crippen LogP contribution in [0.2, 0.25) is 0 Å². The van der Waals surface area contributed by atoms with Crippen molar-refractivity contribution in [2.45, 2.75) is 19.9 Å². The molecule has 2 atom stereocenters. The Morgan fingerprint density at radius 1 is 1.37 bits per heavy atom. The lowest BCUT2D eigenvalue weighted by Gasteiger charge is -2.28. The van der Waals surface area contributed by atoms with E-state index >= 15 is 0 Å². The molecule has 1 amide bonds. The van der Waals surface area contributed by atoms with Crippen molar-refractivity contribution in [3.8, 4) is 0 Å². The van der Waals surface area contributed by atoms with E-state index in [1.54, 1.807) is 30.1 Å². The van der Waals surface area contributed by atoms with Crippen LogP contribution in [0, 0.1) is 11.7 Å². The van der Waals surface area contributed by atoms with E-state index in [0.717, 1.165) is 0 Å². The predicted molar refractivity (Wildman–Crippen MR) is 77.9 cm³/mol. The summed E-state index contributed by atoms with van der Waals surface area (Å²) in [6.07, 6.45) is 0. The molecule has 0 aliphatic carbocycles. The monoisotopic (exact) mass is 288 g/mol. The Morgan fingerprint density at radius 2 is 1.95 bits per heavy atom. The third-order valence-corrected chi connectivity index (χ3v) is 3.22. The van der Waals surface area contributed by atoms with Crippen LogP contribution in [0.3, 0.4) is 0 Å². The van der Waals surface area contributed by atoms with E-state index in [1.165, 1.54) is 6.07 Å². The molecule has 0 heterocycles. The molecule has 1 rings (SSSR count). The molecule has 0 saturated carbocycles. The van der Waals surface area contributed by atoms with Gasteiger partial charge in [0.1, 0.15) is 5.82 Å². The first kappa shape index (κ1) is 17.9. The van der Waals surface area contributed by atoms with Crippen molar-refractivity contribution in [1.82, 2.24) is 10.2 Å². The highest BCUT2D eigenvalue weighted by atomic mass is 35.5. The molecule has 1 N–H and O–H groups in total. The van der Waals surface area contributed by atoms with Gasteiger partial charge in [-0.25, -0.2) is 4.39 Å². The second-order valence-corrected chi connectivity index (χ2v) is 4.61. The van der Waals surface area contributed by atoms with Gasteiger partial charge in [0.05, 0.1) is 6.04 Å². The highest BCUT2D eigenvalue weighted by Crippen LogP contribution is 2.22. The Bertz CT molecular complexity index is 414. The number of hydrogen-bond donors (Lipinski definition) is 1. The average molecular weight is 289 g/mol. The van der Waals surface area contributed by atoms with E-state index in [9.17, 15) is 9.18 Å². The lowest BCUT2D eigenvalue weighted by atomic mass is 10.0. The van der Waals surface area contributed by atoms with Gasteiger partial charge in [0, 0.05) is 25.1 Å². The molecular weight excluding hydrogens is 267 g/mol. The van der Waals surface area contributed by atoms with Gasteiger partial charge in [-0.05, 0) is 20.0 Å². The molecule has 5 heteroatoms. The van der Waals surface area contributed by atoms with E-state index in [1.807, 2.05) is 20.9 Å². The summed E-state index contributed by atoms with van der Waals surface area (Å²) in [5.41, 5.74) is 0.546. The molecule has 108 valence electrons. The maximum absolute atomic E-state index is 13.7. The standard InChI is InChI=1S/C14H21FN2O.ClH/c1-10(9-16-3)14(18)17(4)11(2)12-7-5-6-8-13(12)15;/h5-8,10-11,16H,9H2,1-4H3;1H. The molecule has 2 unspecified atom stereocenters. The summed E-state index contributed by atoms with van der Waals surface area (Å²) in [6.45, 7) is 4.32. The van der Waals surface area contributed by atoms with Crippen molar-refractivity contribution >= 4 is 18.3 Å². The second kappa shape index (κ2) is 8.12. The highest BCUT2D eigenvalue weighted by molar-refractivity contribution is 5.85. The summed E-state index contributed by atoms with van der Waals surface area (Å²) >= 11 is 0. The number of benzene rings is 1. The van der Waals surface area contributed by atoms with Crippen LogP contribution in [-0.2, 0) is 4.79 Å². The molecule has 0 radical (unpaired) electrons. The Labute approximate surface area is 120 Å². The minimum absolute atomic E-state index is 0. The minimum Gasteiger partial charge on any atom is -0.339 e.